The van der Waals surface area contributed by atoms with Gasteiger partial charge in [0.15, 0.2) is 0 Å². The second-order valence-corrected chi connectivity index (χ2v) is 4.85. The van der Waals surface area contributed by atoms with Crippen LogP contribution in [0.2, 0.25) is 0 Å². The molecule has 0 aromatic carbocycles. The van der Waals surface area contributed by atoms with Gasteiger partial charge >= 0.3 is 5.97 Å². The third-order valence-corrected chi connectivity index (χ3v) is 3.80. The topological polar surface area (TPSA) is 55.4 Å². The summed E-state index contributed by atoms with van der Waals surface area (Å²) in [7, 11) is 0. The molecule has 1 aliphatic carbocycles. The van der Waals surface area contributed by atoms with E-state index < -0.39 is 6.04 Å². The predicted molar refractivity (Wildman–Crippen MR) is 58.7 cm³/mol. The molecule has 1 unspecified atom stereocenters. The number of nitrogens with one attached hydrogen (secondary N) is 1. The van der Waals surface area contributed by atoms with Crippen molar-refractivity contribution in [3.63, 3.8) is 0 Å². The van der Waals surface area contributed by atoms with Crippen molar-refractivity contribution >= 4 is 11.9 Å². The summed E-state index contributed by atoms with van der Waals surface area (Å²) in [5.41, 5.74) is -0.151. The van der Waals surface area contributed by atoms with E-state index in [0.29, 0.717) is 13.0 Å². The minimum Gasteiger partial charge on any atom is -0.464 e. The van der Waals surface area contributed by atoms with Crippen LogP contribution in [0.25, 0.3) is 0 Å². The molecule has 0 aromatic rings. The Labute approximate surface area is 95.7 Å². The van der Waals surface area contributed by atoms with Crippen molar-refractivity contribution in [3.05, 3.63) is 0 Å². The summed E-state index contributed by atoms with van der Waals surface area (Å²) < 4.78 is 5.05. The summed E-state index contributed by atoms with van der Waals surface area (Å²) in [6.07, 6.45) is 5.88. The molecular weight excluding hydrogens is 206 g/mol. The van der Waals surface area contributed by atoms with Crippen molar-refractivity contribution in [2.75, 3.05) is 6.61 Å². The molecule has 4 nitrogen and oxygen atoms in total. The molecule has 4 heteroatoms. The number of carbonyl (C=O) groups excluding carboxylic acids is 2. The van der Waals surface area contributed by atoms with Gasteiger partial charge < -0.3 is 10.1 Å². The van der Waals surface area contributed by atoms with Crippen LogP contribution in [0.4, 0.5) is 0 Å². The minimum absolute atomic E-state index is 0.0000435. The highest BCUT2D eigenvalue weighted by atomic mass is 16.5. The smallest absolute Gasteiger partial charge is 0.329 e. The lowest BCUT2D eigenvalue weighted by atomic mass is 9.69. The zero-order chi connectivity index (χ0) is 11.6. The Balaban J connectivity index is 2.14. The van der Waals surface area contributed by atoms with Gasteiger partial charge in [-0.25, -0.2) is 4.79 Å². The summed E-state index contributed by atoms with van der Waals surface area (Å²) in [5, 5.41) is 2.79. The van der Waals surface area contributed by atoms with Gasteiger partial charge in [-0.1, -0.05) is 19.3 Å². The van der Waals surface area contributed by atoms with E-state index in [0.717, 1.165) is 25.7 Å². The fraction of sp³-hybridized carbons (Fsp3) is 0.833. The first kappa shape index (κ1) is 11.4. The molecular formula is C12H19NO3. The van der Waals surface area contributed by atoms with Crippen LogP contribution in [-0.4, -0.2) is 24.5 Å². The Hall–Kier alpha value is -1.06. The third kappa shape index (κ3) is 1.93. The predicted octanol–water partition coefficient (Wildman–Crippen LogP) is 1.39. The zero-order valence-corrected chi connectivity index (χ0v) is 9.75. The number of esters is 1. The van der Waals surface area contributed by atoms with E-state index in [1.807, 2.05) is 0 Å². The molecule has 0 bridgehead atoms. The van der Waals surface area contributed by atoms with Crippen LogP contribution in [0.1, 0.15) is 45.4 Å². The number of ether oxygens (including phenoxy) is 1. The van der Waals surface area contributed by atoms with E-state index >= 15 is 0 Å². The molecule has 1 heterocycles. The van der Waals surface area contributed by atoms with Gasteiger partial charge in [0.25, 0.3) is 0 Å². The number of hydrogen-bond donors (Lipinski definition) is 1. The van der Waals surface area contributed by atoms with E-state index in [1.165, 1.54) is 6.42 Å². The molecule has 1 atom stereocenters. The van der Waals surface area contributed by atoms with Crippen LogP contribution in [-0.2, 0) is 14.3 Å². The van der Waals surface area contributed by atoms with Crippen LogP contribution >= 0.6 is 0 Å². The van der Waals surface area contributed by atoms with Crippen molar-refractivity contribution in [3.8, 4) is 0 Å². The molecule has 2 aliphatic rings. The average Bonchev–Trinajstić information content (AvgIpc) is 2.57. The van der Waals surface area contributed by atoms with Crippen molar-refractivity contribution < 1.29 is 14.3 Å². The molecule has 1 aliphatic heterocycles. The van der Waals surface area contributed by atoms with Crippen molar-refractivity contribution in [1.29, 1.82) is 0 Å². The number of amides is 1. The molecule has 2 fully saturated rings. The lowest BCUT2D eigenvalue weighted by Crippen LogP contribution is -2.45. The standard InChI is InChI=1S/C12H19NO3/c1-2-16-11(15)10-12(8-9(14)13-10)6-4-3-5-7-12/h10H,2-8H2,1H3,(H,13,14). The summed E-state index contributed by atoms with van der Waals surface area (Å²) in [4.78, 5) is 23.3. The quantitative estimate of drug-likeness (QED) is 0.722. The Morgan fingerprint density at radius 1 is 1.44 bits per heavy atom. The molecule has 0 aromatic heterocycles. The van der Waals surface area contributed by atoms with Gasteiger partial charge in [0.1, 0.15) is 6.04 Å². The zero-order valence-electron chi connectivity index (χ0n) is 9.75. The highest BCUT2D eigenvalue weighted by Crippen LogP contribution is 2.45. The van der Waals surface area contributed by atoms with Crippen molar-refractivity contribution in [2.45, 2.75) is 51.5 Å². The molecule has 1 amide bonds. The fourth-order valence-electron chi connectivity index (χ4n) is 3.04. The van der Waals surface area contributed by atoms with Crippen LogP contribution in [0.15, 0.2) is 0 Å². The second kappa shape index (κ2) is 4.44. The average molecular weight is 225 g/mol. The maximum absolute atomic E-state index is 11.8. The van der Waals surface area contributed by atoms with E-state index in [1.54, 1.807) is 6.92 Å². The van der Waals surface area contributed by atoms with Gasteiger partial charge in [-0.05, 0) is 19.8 Å². The lowest BCUT2D eigenvalue weighted by Gasteiger charge is -2.36. The van der Waals surface area contributed by atoms with Crippen LogP contribution in [0, 0.1) is 5.41 Å². The molecule has 1 N–H and O–H groups in total. The van der Waals surface area contributed by atoms with E-state index in [9.17, 15) is 9.59 Å². The normalized spacial score (nSPS) is 27.8. The van der Waals surface area contributed by atoms with Gasteiger partial charge in [0.2, 0.25) is 5.91 Å². The first-order valence-corrected chi connectivity index (χ1v) is 6.14. The molecule has 2 rings (SSSR count). The van der Waals surface area contributed by atoms with Crippen molar-refractivity contribution in [2.24, 2.45) is 5.41 Å². The van der Waals surface area contributed by atoms with Gasteiger partial charge in [-0.15, -0.1) is 0 Å². The molecule has 1 spiro atoms. The van der Waals surface area contributed by atoms with Gasteiger partial charge in [0, 0.05) is 11.8 Å². The van der Waals surface area contributed by atoms with Crippen LogP contribution < -0.4 is 5.32 Å². The summed E-state index contributed by atoms with van der Waals surface area (Å²) in [6, 6.07) is -0.403. The molecule has 1 saturated heterocycles. The number of carbonyl (C=O) groups is 2. The minimum atomic E-state index is -0.403. The monoisotopic (exact) mass is 225 g/mol. The molecule has 0 radical (unpaired) electrons. The fourth-order valence-corrected chi connectivity index (χ4v) is 3.04. The SMILES string of the molecule is CCOC(=O)C1NC(=O)CC12CCCCC2. The van der Waals surface area contributed by atoms with Crippen molar-refractivity contribution in [1.82, 2.24) is 5.32 Å². The largest absolute Gasteiger partial charge is 0.464 e. The second-order valence-electron chi connectivity index (χ2n) is 4.85. The summed E-state index contributed by atoms with van der Waals surface area (Å²) in [6.45, 7) is 2.17. The Bertz CT molecular complexity index is 295. The first-order valence-electron chi connectivity index (χ1n) is 6.14. The Morgan fingerprint density at radius 2 is 2.12 bits per heavy atom. The summed E-state index contributed by atoms with van der Waals surface area (Å²) in [5.74, 6) is -0.254. The molecule has 1 saturated carbocycles. The first-order chi connectivity index (χ1) is 7.68. The summed E-state index contributed by atoms with van der Waals surface area (Å²) >= 11 is 0. The third-order valence-electron chi connectivity index (χ3n) is 3.80. The highest BCUT2D eigenvalue weighted by molar-refractivity contribution is 5.90. The van der Waals surface area contributed by atoms with Gasteiger partial charge in [-0.3, -0.25) is 4.79 Å². The lowest BCUT2D eigenvalue weighted by molar-refractivity contribution is -0.149. The maximum Gasteiger partial charge on any atom is 0.329 e. The number of rotatable bonds is 2. The number of hydrogen-bond acceptors (Lipinski definition) is 3. The van der Waals surface area contributed by atoms with E-state index in [-0.39, 0.29) is 17.3 Å². The maximum atomic E-state index is 11.8. The van der Waals surface area contributed by atoms with Crippen LogP contribution in [0.3, 0.4) is 0 Å². The van der Waals surface area contributed by atoms with E-state index in [4.69, 9.17) is 4.74 Å². The highest BCUT2D eigenvalue weighted by Gasteiger charge is 2.51. The van der Waals surface area contributed by atoms with Crippen LogP contribution in [0.5, 0.6) is 0 Å². The molecule has 90 valence electrons. The Morgan fingerprint density at radius 3 is 2.75 bits per heavy atom. The van der Waals surface area contributed by atoms with Gasteiger partial charge in [0.05, 0.1) is 6.61 Å². The van der Waals surface area contributed by atoms with E-state index in [2.05, 4.69) is 5.32 Å². The molecule has 16 heavy (non-hydrogen) atoms. The Kier molecular flexibility index (Phi) is 3.17. The van der Waals surface area contributed by atoms with Gasteiger partial charge in [-0.2, -0.15) is 0 Å².